The summed E-state index contributed by atoms with van der Waals surface area (Å²) in [5.41, 5.74) is 1.54. The summed E-state index contributed by atoms with van der Waals surface area (Å²) in [7, 11) is 3.06. The van der Waals surface area contributed by atoms with Gasteiger partial charge in [0, 0.05) is 5.70 Å². The van der Waals surface area contributed by atoms with Gasteiger partial charge in [0.15, 0.2) is 16.3 Å². The van der Waals surface area contributed by atoms with E-state index in [0.717, 1.165) is 0 Å². The molecule has 0 aliphatic carbocycles. The predicted octanol–water partition coefficient (Wildman–Crippen LogP) is 3.23. The minimum atomic E-state index is -0.687. The number of benzene rings is 1. The molecule has 9 heteroatoms. The van der Waals surface area contributed by atoms with Crippen molar-refractivity contribution in [1.82, 2.24) is 9.97 Å². The molecule has 0 radical (unpaired) electrons. The van der Waals surface area contributed by atoms with Crippen LogP contribution < -0.4 is 20.3 Å². The lowest BCUT2D eigenvalue weighted by molar-refractivity contribution is -0.143. The van der Waals surface area contributed by atoms with Crippen LogP contribution in [0.5, 0.6) is 11.5 Å². The third-order valence-corrected chi connectivity index (χ3v) is 4.78. The van der Waals surface area contributed by atoms with Gasteiger partial charge in [-0.05, 0) is 50.7 Å². The molecule has 0 spiro atoms. The highest BCUT2D eigenvalue weighted by molar-refractivity contribution is 7.71. The number of allylic oxidation sites excluding steroid dienone is 1. The molecule has 1 aromatic heterocycles. The molecule has 0 fully saturated rings. The highest BCUT2D eigenvalue weighted by atomic mass is 32.1. The van der Waals surface area contributed by atoms with Gasteiger partial charge in [-0.3, -0.25) is 9.78 Å². The van der Waals surface area contributed by atoms with Crippen molar-refractivity contribution in [3.8, 4) is 11.5 Å². The maximum Gasteiger partial charge on any atom is 0.337 e. The summed E-state index contributed by atoms with van der Waals surface area (Å²) in [5.74, 6) is 0.278. The molecule has 1 unspecified atom stereocenters. The second kappa shape index (κ2) is 8.12. The normalized spacial score (nSPS) is 15.6. The summed E-state index contributed by atoms with van der Waals surface area (Å²) in [5, 5.41) is 3.08. The summed E-state index contributed by atoms with van der Waals surface area (Å²) in [6, 6.07) is 5.27. The molecule has 1 atom stereocenters. The first-order valence-corrected chi connectivity index (χ1v) is 9.44. The highest BCUT2D eigenvalue weighted by Gasteiger charge is 2.36. The van der Waals surface area contributed by atoms with Gasteiger partial charge in [0.2, 0.25) is 0 Å². The maximum atomic E-state index is 12.9. The van der Waals surface area contributed by atoms with Crippen molar-refractivity contribution < 1.29 is 19.0 Å². The fourth-order valence-electron chi connectivity index (χ4n) is 3.40. The van der Waals surface area contributed by atoms with E-state index < -0.39 is 17.4 Å². The van der Waals surface area contributed by atoms with E-state index in [1.54, 1.807) is 39.0 Å². The molecule has 1 aliphatic rings. The van der Waals surface area contributed by atoms with Gasteiger partial charge in [-0.25, -0.2) is 4.79 Å². The number of ether oxygens (including phenoxy) is 3. The highest BCUT2D eigenvalue weighted by Crippen LogP contribution is 2.42. The Balaban J connectivity index is 2.28. The van der Waals surface area contributed by atoms with Crippen molar-refractivity contribution in [2.45, 2.75) is 32.8 Å². The van der Waals surface area contributed by atoms with Gasteiger partial charge in [0.05, 0.1) is 37.4 Å². The van der Waals surface area contributed by atoms with E-state index in [0.29, 0.717) is 39.7 Å². The molecule has 1 aliphatic heterocycles. The van der Waals surface area contributed by atoms with Gasteiger partial charge in [0.25, 0.3) is 5.56 Å². The van der Waals surface area contributed by atoms with Gasteiger partial charge >= 0.3 is 5.97 Å². The van der Waals surface area contributed by atoms with E-state index in [2.05, 4.69) is 15.3 Å². The summed E-state index contributed by atoms with van der Waals surface area (Å²) < 4.78 is 16.4. The number of rotatable bonds is 5. The Hall–Kier alpha value is -3.07. The molecule has 154 valence electrons. The number of aromatic amines is 2. The van der Waals surface area contributed by atoms with Crippen molar-refractivity contribution >= 4 is 24.0 Å². The van der Waals surface area contributed by atoms with E-state index in [9.17, 15) is 9.59 Å². The molecule has 2 aromatic rings. The second-order valence-corrected chi connectivity index (χ2v) is 7.27. The first kappa shape index (κ1) is 20.7. The Morgan fingerprint density at radius 3 is 2.45 bits per heavy atom. The standard InChI is InChI=1S/C20H23N3O5S/c1-9(2)28-19(25)14-10(3)21-17-16(18(24)23-20(29)22-17)15(14)11-6-7-12(26-4)13(8-11)27-5/h6-9,15H,1-5H3,(H3,21,22,23,24,29). The van der Waals surface area contributed by atoms with Crippen LogP contribution in [-0.2, 0) is 9.53 Å². The number of hydrogen-bond donors (Lipinski definition) is 3. The fraction of sp³-hybridized carbons (Fsp3) is 0.350. The average Bonchev–Trinajstić information content (AvgIpc) is 2.65. The number of fused-ring (bicyclic) bond motifs is 1. The first-order chi connectivity index (χ1) is 13.8. The number of methoxy groups -OCH3 is 2. The van der Waals surface area contributed by atoms with E-state index in [1.807, 2.05) is 0 Å². The fourth-order valence-corrected chi connectivity index (χ4v) is 3.59. The molecular formula is C20H23N3O5S. The monoisotopic (exact) mass is 417 g/mol. The molecular weight excluding hydrogens is 394 g/mol. The largest absolute Gasteiger partial charge is 0.493 e. The van der Waals surface area contributed by atoms with Crippen LogP contribution in [0, 0.1) is 4.77 Å². The van der Waals surface area contributed by atoms with Crippen molar-refractivity contribution in [1.29, 1.82) is 0 Å². The number of hydrogen-bond acceptors (Lipinski definition) is 7. The molecule has 2 heterocycles. The quantitative estimate of drug-likeness (QED) is 0.507. The summed E-state index contributed by atoms with van der Waals surface area (Å²) in [6.07, 6.45) is -0.310. The van der Waals surface area contributed by atoms with Gasteiger partial charge in [0.1, 0.15) is 5.82 Å². The Morgan fingerprint density at radius 2 is 1.83 bits per heavy atom. The number of esters is 1. The molecule has 0 bridgehead atoms. The maximum absolute atomic E-state index is 12.9. The van der Waals surface area contributed by atoms with Gasteiger partial charge in [-0.15, -0.1) is 0 Å². The third-order valence-electron chi connectivity index (χ3n) is 4.58. The summed E-state index contributed by atoms with van der Waals surface area (Å²) in [6.45, 7) is 5.30. The molecule has 0 saturated heterocycles. The average molecular weight is 417 g/mol. The zero-order valence-corrected chi connectivity index (χ0v) is 17.7. The van der Waals surface area contributed by atoms with E-state index >= 15 is 0 Å². The van der Waals surface area contributed by atoms with Crippen molar-refractivity contribution in [2.24, 2.45) is 0 Å². The molecule has 0 amide bonds. The Kier molecular flexibility index (Phi) is 5.78. The first-order valence-electron chi connectivity index (χ1n) is 9.04. The van der Waals surface area contributed by atoms with Crippen LogP contribution in [-0.4, -0.2) is 36.3 Å². The lowest BCUT2D eigenvalue weighted by Gasteiger charge is -2.29. The van der Waals surface area contributed by atoms with Crippen LogP contribution in [0.15, 0.2) is 34.3 Å². The minimum absolute atomic E-state index is 0.188. The topological polar surface area (TPSA) is 105 Å². The second-order valence-electron chi connectivity index (χ2n) is 6.86. The minimum Gasteiger partial charge on any atom is -0.493 e. The van der Waals surface area contributed by atoms with Crippen molar-refractivity contribution in [2.75, 3.05) is 19.5 Å². The lowest BCUT2D eigenvalue weighted by Crippen LogP contribution is -2.31. The molecule has 1 aromatic carbocycles. The molecule has 8 nitrogen and oxygen atoms in total. The van der Waals surface area contributed by atoms with Crippen LogP contribution in [0.25, 0.3) is 0 Å². The number of carbonyl (C=O) groups is 1. The smallest absolute Gasteiger partial charge is 0.337 e. The van der Waals surface area contributed by atoms with E-state index in [1.165, 1.54) is 14.2 Å². The Bertz CT molecular complexity index is 1100. The zero-order chi connectivity index (χ0) is 21.3. The van der Waals surface area contributed by atoms with E-state index in [-0.39, 0.29) is 10.9 Å². The Labute approximate surface area is 172 Å². The van der Waals surface area contributed by atoms with Gasteiger partial charge in [-0.2, -0.15) is 0 Å². The number of aromatic nitrogens is 2. The molecule has 29 heavy (non-hydrogen) atoms. The van der Waals surface area contributed by atoms with Crippen LogP contribution in [0.1, 0.15) is 37.8 Å². The van der Waals surface area contributed by atoms with Crippen LogP contribution in [0.4, 0.5) is 5.82 Å². The molecule has 3 rings (SSSR count). The third kappa shape index (κ3) is 3.91. The summed E-state index contributed by atoms with van der Waals surface area (Å²) in [4.78, 5) is 31.3. The van der Waals surface area contributed by atoms with Crippen LogP contribution in [0.2, 0.25) is 0 Å². The number of nitrogens with one attached hydrogen (secondary N) is 3. The summed E-state index contributed by atoms with van der Waals surface area (Å²) >= 11 is 5.09. The Morgan fingerprint density at radius 1 is 1.14 bits per heavy atom. The predicted molar refractivity (Wildman–Crippen MR) is 111 cm³/mol. The number of carbonyl (C=O) groups excluding carboxylic acids is 1. The molecule has 3 N–H and O–H groups in total. The SMILES string of the molecule is COc1ccc(C2C(C(=O)OC(C)C)=C(C)Nc3[nH]c(=S)[nH]c(=O)c32)cc1OC. The molecule has 0 saturated carbocycles. The lowest BCUT2D eigenvalue weighted by atomic mass is 9.82. The van der Waals surface area contributed by atoms with Crippen LogP contribution in [0.3, 0.4) is 0 Å². The number of anilines is 1. The van der Waals surface area contributed by atoms with Crippen molar-refractivity contribution in [3.63, 3.8) is 0 Å². The van der Waals surface area contributed by atoms with Gasteiger partial charge < -0.3 is 24.5 Å². The zero-order valence-electron chi connectivity index (χ0n) is 16.8. The van der Waals surface area contributed by atoms with Crippen molar-refractivity contribution in [3.05, 3.63) is 55.7 Å². The van der Waals surface area contributed by atoms with Crippen LogP contribution >= 0.6 is 12.2 Å². The van der Waals surface area contributed by atoms with E-state index in [4.69, 9.17) is 26.4 Å². The van der Waals surface area contributed by atoms with Gasteiger partial charge in [-0.1, -0.05) is 6.07 Å². The number of H-pyrrole nitrogens is 2.